The second-order valence-electron chi connectivity index (χ2n) is 4.62. The summed E-state index contributed by atoms with van der Waals surface area (Å²) in [5, 5.41) is 8.12. The molecule has 3 heterocycles. The summed E-state index contributed by atoms with van der Waals surface area (Å²) in [6, 6.07) is 1.29. The van der Waals surface area contributed by atoms with E-state index in [9.17, 15) is 8.42 Å². The molecule has 0 saturated carbocycles. The van der Waals surface area contributed by atoms with Gasteiger partial charge in [-0.2, -0.15) is 4.31 Å². The lowest BCUT2D eigenvalue weighted by molar-refractivity contribution is 0.0393. The molecule has 0 aliphatic carbocycles. The van der Waals surface area contributed by atoms with E-state index in [4.69, 9.17) is 16.3 Å². The summed E-state index contributed by atoms with van der Waals surface area (Å²) < 4.78 is 32.2. The minimum absolute atomic E-state index is 0.156. The van der Waals surface area contributed by atoms with Crippen molar-refractivity contribution >= 4 is 32.7 Å². The van der Waals surface area contributed by atoms with Crippen LogP contribution in [0.4, 0.5) is 0 Å². The predicted molar refractivity (Wildman–Crippen MR) is 73.1 cm³/mol. The Morgan fingerprint density at radius 2 is 2.30 bits per heavy atom. The Balaban J connectivity index is 2.11. The molecule has 20 heavy (non-hydrogen) atoms. The number of H-pyrrole nitrogens is 1. The number of aromatic amines is 1. The molecule has 108 valence electrons. The smallest absolute Gasteiger partial charge is 0.245 e. The van der Waals surface area contributed by atoms with Crippen LogP contribution in [0.2, 0.25) is 5.15 Å². The summed E-state index contributed by atoms with van der Waals surface area (Å²) in [6.07, 6.45) is 1.42. The molecular weight excluding hydrogens is 304 g/mol. The minimum atomic E-state index is -3.62. The van der Waals surface area contributed by atoms with Crippen molar-refractivity contribution < 1.29 is 13.2 Å². The van der Waals surface area contributed by atoms with Gasteiger partial charge in [0.05, 0.1) is 13.2 Å². The van der Waals surface area contributed by atoms with Crippen molar-refractivity contribution in [2.24, 2.45) is 0 Å². The third-order valence-electron chi connectivity index (χ3n) is 3.26. The number of aromatic nitrogens is 3. The zero-order chi connectivity index (χ0) is 14.3. The van der Waals surface area contributed by atoms with Crippen molar-refractivity contribution in [2.75, 3.05) is 19.8 Å². The second-order valence-corrected chi connectivity index (χ2v) is 6.87. The maximum absolute atomic E-state index is 12.7. The molecule has 9 heteroatoms. The Kier molecular flexibility index (Phi) is 3.41. The first kappa shape index (κ1) is 13.7. The summed E-state index contributed by atoms with van der Waals surface area (Å²) in [6.45, 7) is 2.94. The fraction of sp³-hybridized carbons (Fsp3) is 0.455. The van der Waals surface area contributed by atoms with Crippen LogP contribution in [0, 0.1) is 0 Å². The van der Waals surface area contributed by atoms with Gasteiger partial charge in [-0.25, -0.2) is 8.42 Å². The van der Waals surface area contributed by atoms with E-state index in [-0.39, 0.29) is 16.1 Å². The van der Waals surface area contributed by atoms with Gasteiger partial charge in [0.15, 0.2) is 10.8 Å². The molecule has 3 rings (SSSR count). The van der Waals surface area contributed by atoms with Gasteiger partial charge in [0, 0.05) is 24.2 Å². The third kappa shape index (κ3) is 2.18. The molecule has 1 atom stereocenters. The van der Waals surface area contributed by atoms with Crippen molar-refractivity contribution in [3.8, 4) is 0 Å². The number of hydrogen-bond acceptors (Lipinski definition) is 5. The standard InChI is InChI=1S/C11H13ClN4O3S/c1-7-6-19-3-2-16(7)20(17,18)9-5-13-11-8(9)4-10(12)14-15-11/h4-5,7H,2-3,6H2,1H3,(H,13,15). The average Bonchev–Trinajstić information content (AvgIpc) is 2.82. The Morgan fingerprint density at radius 1 is 1.50 bits per heavy atom. The molecule has 0 radical (unpaired) electrons. The normalized spacial score (nSPS) is 21.4. The van der Waals surface area contributed by atoms with Crippen molar-refractivity contribution in [3.63, 3.8) is 0 Å². The quantitative estimate of drug-likeness (QED) is 0.893. The summed E-state index contributed by atoms with van der Waals surface area (Å²) in [4.78, 5) is 2.97. The number of fused-ring (bicyclic) bond motifs is 1. The van der Waals surface area contributed by atoms with Gasteiger partial charge in [-0.15, -0.1) is 10.2 Å². The summed E-state index contributed by atoms with van der Waals surface area (Å²) in [5.74, 6) is 0. The fourth-order valence-corrected chi connectivity index (χ4v) is 4.17. The summed E-state index contributed by atoms with van der Waals surface area (Å²) >= 11 is 5.80. The molecule has 0 spiro atoms. The van der Waals surface area contributed by atoms with Gasteiger partial charge < -0.3 is 9.72 Å². The molecule has 1 saturated heterocycles. The van der Waals surface area contributed by atoms with Crippen LogP contribution in [0.15, 0.2) is 17.2 Å². The largest absolute Gasteiger partial charge is 0.378 e. The highest BCUT2D eigenvalue weighted by atomic mass is 35.5. The van der Waals surface area contributed by atoms with Crippen LogP contribution < -0.4 is 0 Å². The maximum atomic E-state index is 12.7. The van der Waals surface area contributed by atoms with Gasteiger partial charge in [-0.3, -0.25) is 0 Å². The molecule has 2 aromatic heterocycles. The van der Waals surface area contributed by atoms with E-state index in [0.717, 1.165) is 0 Å². The molecule has 0 amide bonds. The number of sulfonamides is 1. The summed E-state index contributed by atoms with van der Waals surface area (Å²) in [5.41, 5.74) is 0.397. The molecule has 0 aromatic carbocycles. The van der Waals surface area contributed by atoms with Crippen LogP contribution in [0.25, 0.3) is 11.0 Å². The number of nitrogens with zero attached hydrogens (tertiary/aromatic N) is 3. The van der Waals surface area contributed by atoms with E-state index in [1.165, 1.54) is 16.6 Å². The highest BCUT2D eigenvalue weighted by Gasteiger charge is 2.33. The Labute approximate surface area is 120 Å². The number of halogens is 1. The fourth-order valence-electron chi connectivity index (χ4n) is 2.28. The zero-order valence-corrected chi connectivity index (χ0v) is 12.3. The Morgan fingerprint density at radius 3 is 3.05 bits per heavy atom. The molecule has 1 unspecified atom stereocenters. The van der Waals surface area contributed by atoms with Crippen LogP contribution in [0.1, 0.15) is 6.92 Å². The van der Waals surface area contributed by atoms with E-state index in [1.807, 2.05) is 6.92 Å². The first-order chi connectivity index (χ1) is 9.50. The molecule has 1 aliphatic heterocycles. The Bertz CT molecular complexity index is 745. The Hall–Kier alpha value is -1.22. The molecule has 0 bridgehead atoms. The number of rotatable bonds is 2. The first-order valence-electron chi connectivity index (χ1n) is 6.10. The molecule has 7 nitrogen and oxygen atoms in total. The molecule has 1 N–H and O–H groups in total. The van der Waals surface area contributed by atoms with Crippen LogP contribution in [-0.2, 0) is 14.8 Å². The van der Waals surface area contributed by atoms with Gasteiger partial charge in [-0.1, -0.05) is 11.6 Å². The van der Waals surface area contributed by atoms with Gasteiger partial charge in [-0.05, 0) is 13.0 Å². The minimum Gasteiger partial charge on any atom is -0.378 e. The molecule has 2 aromatic rings. The lowest BCUT2D eigenvalue weighted by atomic mass is 10.3. The van der Waals surface area contributed by atoms with E-state index in [1.54, 1.807) is 0 Å². The van der Waals surface area contributed by atoms with Crippen LogP contribution in [-0.4, -0.2) is 53.7 Å². The van der Waals surface area contributed by atoms with Gasteiger partial charge in [0.1, 0.15) is 4.90 Å². The van der Waals surface area contributed by atoms with Gasteiger partial charge >= 0.3 is 0 Å². The number of hydrogen-bond donors (Lipinski definition) is 1. The van der Waals surface area contributed by atoms with Crippen molar-refractivity contribution in [2.45, 2.75) is 17.9 Å². The van der Waals surface area contributed by atoms with Gasteiger partial charge in [0.2, 0.25) is 10.0 Å². The first-order valence-corrected chi connectivity index (χ1v) is 7.92. The highest BCUT2D eigenvalue weighted by molar-refractivity contribution is 7.89. The average molecular weight is 317 g/mol. The van der Waals surface area contributed by atoms with Crippen LogP contribution in [0.5, 0.6) is 0 Å². The lowest BCUT2D eigenvalue weighted by Crippen LogP contribution is -2.46. The lowest BCUT2D eigenvalue weighted by Gasteiger charge is -2.31. The SMILES string of the molecule is CC1COCCN1S(=O)(=O)c1c[nH]c2nnc(Cl)cc12. The highest BCUT2D eigenvalue weighted by Crippen LogP contribution is 2.27. The van der Waals surface area contributed by atoms with Crippen LogP contribution in [0.3, 0.4) is 0 Å². The maximum Gasteiger partial charge on any atom is 0.245 e. The van der Waals surface area contributed by atoms with Crippen molar-refractivity contribution in [1.82, 2.24) is 19.5 Å². The molecular formula is C11H13ClN4O3S. The van der Waals surface area contributed by atoms with Gasteiger partial charge in [0.25, 0.3) is 0 Å². The monoisotopic (exact) mass is 316 g/mol. The number of nitrogens with one attached hydrogen (secondary N) is 1. The molecule has 1 fully saturated rings. The third-order valence-corrected chi connectivity index (χ3v) is 5.50. The van der Waals surface area contributed by atoms with E-state index in [2.05, 4.69) is 15.2 Å². The van der Waals surface area contributed by atoms with E-state index in [0.29, 0.717) is 30.8 Å². The molecule has 1 aliphatic rings. The number of morpholine rings is 1. The zero-order valence-electron chi connectivity index (χ0n) is 10.7. The van der Waals surface area contributed by atoms with Crippen molar-refractivity contribution in [3.05, 3.63) is 17.4 Å². The van der Waals surface area contributed by atoms with E-state index < -0.39 is 10.0 Å². The predicted octanol–water partition coefficient (Wildman–Crippen LogP) is 1.02. The van der Waals surface area contributed by atoms with E-state index >= 15 is 0 Å². The summed E-state index contributed by atoms with van der Waals surface area (Å²) in [7, 11) is -3.62. The van der Waals surface area contributed by atoms with Crippen molar-refractivity contribution in [1.29, 1.82) is 0 Å². The number of ether oxygens (including phenoxy) is 1. The van der Waals surface area contributed by atoms with Crippen LogP contribution >= 0.6 is 11.6 Å². The second kappa shape index (κ2) is 4.96. The topological polar surface area (TPSA) is 88.2 Å².